The molecule has 0 spiro atoms. The molecule has 0 atom stereocenters. The fraction of sp³-hybridized carbons (Fsp3) is 0.200. The van der Waals surface area contributed by atoms with Crippen LogP contribution in [0.1, 0.15) is 13.8 Å². The molecule has 1 rings (SSSR count). The van der Waals surface area contributed by atoms with Gasteiger partial charge in [-0.1, -0.05) is 28.9 Å². The second-order valence-corrected chi connectivity index (χ2v) is 3.38. The number of nitrogens with zero attached hydrogens (tertiary/aromatic N) is 2. The first-order valence-electron chi connectivity index (χ1n) is 4.39. The van der Waals surface area contributed by atoms with Crippen molar-refractivity contribution in [1.29, 1.82) is 0 Å². The van der Waals surface area contributed by atoms with Crippen LogP contribution >= 0.6 is 11.6 Å². The molecule has 0 saturated carbocycles. The lowest BCUT2D eigenvalue weighted by atomic mass is 10.3. The summed E-state index contributed by atoms with van der Waals surface area (Å²) < 4.78 is 0. The molecule has 0 aliphatic carbocycles. The molecule has 5 heteroatoms. The average Bonchev–Trinajstić information content (AvgIpc) is 2.26. The lowest BCUT2D eigenvalue weighted by molar-refractivity contribution is 0.320. The highest BCUT2D eigenvalue weighted by Gasteiger charge is 1.99. The highest BCUT2D eigenvalue weighted by Crippen LogP contribution is 2.20. The van der Waals surface area contributed by atoms with Gasteiger partial charge in [-0.15, -0.1) is 0 Å². The lowest BCUT2D eigenvalue weighted by Gasteiger charge is -2.03. The Bertz CT molecular complexity index is 401. The van der Waals surface area contributed by atoms with Gasteiger partial charge < -0.3 is 5.21 Å². The lowest BCUT2D eigenvalue weighted by Crippen LogP contribution is -2.08. The molecule has 0 heterocycles. The van der Waals surface area contributed by atoms with Crippen LogP contribution in [0.3, 0.4) is 0 Å². The predicted molar refractivity (Wildman–Crippen MR) is 63.1 cm³/mol. The van der Waals surface area contributed by atoms with E-state index in [2.05, 4.69) is 15.7 Å². The van der Waals surface area contributed by atoms with Gasteiger partial charge in [-0.2, -0.15) is 5.10 Å². The number of rotatable bonds is 3. The normalized spacial score (nSPS) is 12.7. The number of hydrogen-bond donors (Lipinski definition) is 2. The summed E-state index contributed by atoms with van der Waals surface area (Å²) in [5, 5.41) is 16.2. The summed E-state index contributed by atoms with van der Waals surface area (Å²) in [6, 6.07) is 7.27. The smallest absolute Gasteiger partial charge is 0.0993 e. The standard InChI is InChI=1S/C10H12ClN3O/c1-7(8(2)14-15)12-13-10-6-4-3-5-9(10)11/h3-6,13,15H,1-2H3. The summed E-state index contributed by atoms with van der Waals surface area (Å²) in [6.45, 7) is 3.39. The summed E-state index contributed by atoms with van der Waals surface area (Å²) in [4.78, 5) is 0. The van der Waals surface area contributed by atoms with E-state index in [0.717, 1.165) is 0 Å². The number of halogens is 1. The van der Waals surface area contributed by atoms with Crippen LogP contribution in [0.5, 0.6) is 0 Å². The Morgan fingerprint density at radius 1 is 1.27 bits per heavy atom. The number of oxime groups is 1. The maximum absolute atomic E-state index is 8.51. The third-order valence-corrected chi connectivity index (χ3v) is 2.22. The SMILES string of the molecule is CC(=NO)C(C)=NNc1ccccc1Cl. The van der Waals surface area contributed by atoms with E-state index in [1.165, 1.54) is 0 Å². The van der Waals surface area contributed by atoms with E-state index in [9.17, 15) is 0 Å². The number of hydrogen-bond acceptors (Lipinski definition) is 4. The van der Waals surface area contributed by atoms with E-state index in [1.807, 2.05) is 18.2 Å². The minimum Gasteiger partial charge on any atom is -0.411 e. The molecule has 0 aliphatic rings. The molecule has 0 unspecified atom stereocenters. The number of hydrazone groups is 1. The van der Waals surface area contributed by atoms with Crippen molar-refractivity contribution in [2.75, 3.05) is 5.43 Å². The molecule has 1 aromatic rings. The molecule has 0 aliphatic heterocycles. The van der Waals surface area contributed by atoms with Crippen LogP contribution in [0, 0.1) is 0 Å². The minimum atomic E-state index is 0.453. The number of benzene rings is 1. The Morgan fingerprint density at radius 2 is 1.93 bits per heavy atom. The molecule has 15 heavy (non-hydrogen) atoms. The van der Waals surface area contributed by atoms with Gasteiger partial charge in [-0.25, -0.2) is 0 Å². The summed E-state index contributed by atoms with van der Waals surface area (Å²) in [5.41, 5.74) is 4.55. The average molecular weight is 226 g/mol. The van der Waals surface area contributed by atoms with Crippen molar-refractivity contribution in [2.45, 2.75) is 13.8 Å². The second-order valence-electron chi connectivity index (χ2n) is 2.97. The quantitative estimate of drug-likeness (QED) is 0.472. The van der Waals surface area contributed by atoms with Crippen LogP contribution in [-0.2, 0) is 0 Å². The fourth-order valence-electron chi connectivity index (χ4n) is 0.849. The van der Waals surface area contributed by atoms with Gasteiger partial charge in [-0.05, 0) is 26.0 Å². The zero-order valence-electron chi connectivity index (χ0n) is 8.53. The molecule has 1 aromatic carbocycles. The monoisotopic (exact) mass is 225 g/mol. The summed E-state index contributed by atoms with van der Waals surface area (Å²) in [7, 11) is 0. The highest BCUT2D eigenvalue weighted by molar-refractivity contribution is 6.40. The van der Waals surface area contributed by atoms with E-state index in [1.54, 1.807) is 19.9 Å². The van der Waals surface area contributed by atoms with Gasteiger partial charge in [0.05, 0.1) is 22.1 Å². The van der Waals surface area contributed by atoms with E-state index in [-0.39, 0.29) is 0 Å². The molecular formula is C10H12ClN3O. The predicted octanol–water partition coefficient (Wildman–Crippen LogP) is 2.98. The van der Waals surface area contributed by atoms with E-state index in [4.69, 9.17) is 16.8 Å². The zero-order chi connectivity index (χ0) is 11.3. The molecular weight excluding hydrogens is 214 g/mol. The Balaban J connectivity index is 2.77. The maximum atomic E-state index is 8.51. The highest BCUT2D eigenvalue weighted by atomic mass is 35.5. The molecule has 0 radical (unpaired) electrons. The van der Waals surface area contributed by atoms with E-state index >= 15 is 0 Å². The Hall–Kier alpha value is -1.55. The van der Waals surface area contributed by atoms with Crippen molar-refractivity contribution in [3.05, 3.63) is 29.3 Å². The second kappa shape index (κ2) is 5.36. The molecule has 0 fully saturated rings. The molecule has 80 valence electrons. The van der Waals surface area contributed by atoms with Crippen LogP contribution in [0.2, 0.25) is 5.02 Å². The molecule has 0 aromatic heterocycles. The van der Waals surface area contributed by atoms with Crippen LogP contribution in [0.4, 0.5) is 5.69 Å². The van der Waals surface area contributed by atoms with Gasteiger partial charge in [-0.3, -0.25) is 5.43 Å². The maximum Gasteiger partial charge on any atom is 0.0993 e. The van der Waals surface area contributed by atoms with Crippen LogP contribution in [-0.4, -0.2) is 16.6 Å². The van der Waals surface area contributed by atoms with Gasteiger partial charge >= 0.3 is 0 Å². The van der Waals surface area contributed by atoms with Gasteiger partial charge in [0.25, 0.3) is 0 Å². The molecule has 4 nitrogen and oxygen atoms in total. The van der Waals surface area contributed by atoms with Crippen molar-refractivity contribution in [3.63, 3.8) is 0 Å². The zero-order valence-corrected chi connectivity index (χ0v) is 9.28. The Labute approximate surface area is 93.3 Å². The summed E-state index contributed by atoms with van der Waals surface area (Å²) in [6.07, 6.45) is 0. The van der Waals surface area contributed by atoms with Crippen LogP contribution in [0.15, 0.2) is 34.5 Å². The van der Waals surface area contributed by atoms with Crippen molar-refractivity contribution >= 4 is 28.7 Å². The Morgan fingerprint density at radius 3 is 2.53 bits per heavy atom. The third-order valence-electron chi connectivity index (χ3n) is 1.89. The first-order valence-corrected chi connectivity index (χ1v) is 4.77. The van der Waals surface area contributed by atoms with Crippen molar-refractivity contribution in [2.24, 2.45) is 10.3 Å². The first kappa shape index (κ1) is 11.5. The largest absolute Gasteiger partial charge is 0.411 e. The van der Waals surface area contributed by atoms with Gasteiger partial charge in [0.2, 0.25) is 0 Å². The summed E-state index contributed by atoms with van der Waals surface area (Å²) >= 11 is 5.91. The third kappa shape index (κ3) is 3.25. The van der Waals surface area contributed by atoms with Crippen LogP contribution in [0.25, 0.3) is 0 Å². The van der Waals surface area contributed by atoms with Crippen molar-refractivity contribution in [3.8, 4) is 0 Å². The Kier molecular flexibility index (Phi) is 4.12. The van der Waals surface area contributed by atoms with Crippen molar-refractivity contribution < 1.29 is 5.21 Å². The number of para-hydroxylation sites is 1. The molecule has 2 N–H and O–H groups in total. The van der Waals surface area contributed by atoms with Gasteiger partial charge in [0.15, 0.2) is 0 Å². The van der Waals surface area contributed by atoms with Crippen LogP contribution < -0.4 is 5.43 Å². The molecule has 0 amide bonds. The van der Waals surface area contributed by atoms with E-state index in [0.29, 0.717) is 22.1 Å². The topological polar surface area (TPSA) is 57.0 Å². The van der Waals surface area contributed by atoms with Gasteiger partial charge in [0.1, 0.15) is 0 Å². The number of anilines is 1. The summed E-state index contributed by atoms with van der Waals surface area (Å²) in [5.74, 6) is 0. The molecule has 0 saturated heterocycles. The van der Waals surface area contributed by atoms with E-state index < -0.39 is 0 Å². The van der Waals surface area contributed by atoms with Crippen molar-refractivity contribution in [1.82, 2.24) is 0 Å². The fourth-order valence-corrected chi connectivity index (χ4v) is 1.03. The van der Waals surface area contributed by atoms with Gasteiger partial charge in [0, 0.05) is 0 Å². The molecule has 0 bridgehead atoms. The first-order chi connectivity index (χ1) is 7.15. The number of nitrogens with one attached hydrogen (secondary N) is 1. The minimum absolute atomic E-state index is 0.453.